The molecule has 0 rings (SSSR count). The molecule has 0 aliphatic carbocycles. The van der Waals surface area contributed by atoms with Gasteiger partial charge < -0.3 is 5.11 Å². The molecule has 0 aliphatic rings. The topological polar surface area (TPSA) is 20.2 Å². The summed E-state index contributed by atoms with van der Waals surface area (Å²) in [6.45, 7) is 7.59. The highest BCUT2D eigenvalue weighted by molar-refractivity contribution is 4.59. The zero-order chi connectivity index (χ0) is 9.44. The summed E-state index contributed by atoms with van der Waals surface area (Å²) in [5.74, 6) is 0.133. The van der Waals surface area contributed by atoms with Gasteiger partial charge in [-0.1, -0.05) is 27.7 Å². The first-order valence-corrected chi connectivity index (χ1v) is 4.00. The zero-order valence-electron chi connectivity index (χ0n) is 7.64. The number of halogens is 2. The maximum atomic E-state index is 11.5. The number of aliphatic hydroxyl groups excluding tert-OH is 1. The molecular weight excluding hydrogens is 150 g/mol. The Morgan fingerprint density at radius 3 is 1.64 bits per heavy atom. The van der Waals surface area contributed by atoms with E-state index in [0.717, 1.165) is 0 Å². The lowest BCUT2D eigenvalue weighted by atomic mass is 10.1. The second kappa shape index (κ2) is 7.92. The van der Waals surface area contributed by atoms with Crippen molar-refractivity contribution in [3.63, 3.8) is 0 Å². The van der Waals surface area contributed by atoms with Gasteiger partial charge in [-0.25, -0.2) is 8.78 Å². The van der Waals surface area contributed by atoms with Gasteiger partial charge in [0.1, 0.15) is 6.10 Å². The second-order valence-electron chi connectivity index (χ2n) is 2.53. The van der Waals surface area contributed by atoms with Crippen molar-refractivity contribution in [2.75, 3.05) is 0 Å². The Hall–Kier alpha value is -0.180. The summed E-state index contributed by atoms with van der Waals surface area (Å²) in [5.41, 5.74) is 0. The highest BCUT2D eigenvalue weighted by Gasteiger charge is 2.17. The Bertz CT molecular complexity index is 74.5. The molecule has 1 nitrogen and oxygen atoms in total. The Labute approximate surface area is 67.4 Å². The van der Waals surface area contributed by atoms with Gasteiger partial charge >= 0.3 is 0 Å². The smallest absolute Gasteiger partial charge is 0.264 e. The standard InChI is InChI=1S/C6H12F2O.C2H6/c1-4(2)3-5(9)6(7)8;1-2/h4-6,9H,3H2,1-2H3;1-2H3. The number of hydrogen-bond acceptors (Lipinski definition) is 1. The normalized spacial score (nSPS) is 12.8. The minimum absolute atomic E-state index is 0.133. The van der Waals surface area contributed by atoms with E-state index in [4.69, 9.17) is 5.11 Å². The molecule has 3 heteroatoms. The van der Waals surface area contributed by atoms with Crippen LogP contribution in [0.25, 0.3) is 0 Å². The molecule has 0 saturated heterocycles. The van der Waals surface area contributed by atoms with Crippen molar-refractivity contribution in [2.24, 2.45) is 5.92 Å². The van der Waals surface area contributed by atoms with E-state index >= 15 is 0 Å². The maximum absolute atomic E-state index is 11.5. The average Bonchev–Trinajstić information content (AvgIpc) is 1.90. The lowest BCUT2D eigenvalue weighted by Crippen LogP contribution is -2.19. The first-order chi connectivity index (χ1) is 5.04. The monoisotopic (exact) mass is 168 g/mol. The van der Waals surface area contributed by atoms with Gasteiger partial charge in [0.15, 0.2) is 0 Å². The van der Waals surface area contributed by atoms with Gasteiger partial charge in [0.05, 0.1) is 0 Å². The van der Waals surface area contributed by atoms with Crippen molar-refractivity contribution < 1.29 is 13.9 Å². The van der Waals surface area contributed by atoms with Crippen LogP contribution < -0.4 is 0 Å². The Morgan fingerprint density at radius 1 is 1.18 bits per heavy atom. The van der Waals surface area contributed by atoms with Crippen LogP contribution in [0.1, 0.15) is 34.1 Å². The van der Waals surface area contributed by atoms with Crippen LogP contribution in [0.15, 0.2) is 0 Å². The van der Waals surface area contributed by atoms with Crippen LogP contribution in [0.4, 0.5) is 8.78 Å². The fourth-order valence-corrected chi connectivity index (χ4v) is 0.586. The van der Waals surface area contributed by atoms with Crippen LogP contribution in [0, 0.1) is 5.92 Å². The van der Waals surface area contributed by atoms with E-state index in [0.29, 0.717) is 0 Å². The molecule has 70 valence electrons. The summed E-state index contributed by atoms with van der Waals surface area (Å²) in [6, 6.07) is 0. The Balaban J connectivity index is 0. The van der Waals surface area contributed by atoms with E-state index in [1.54, 1.807) is 13.8 Å². The van der Waals surface area contributed by atoms with E-state index in [-0.39, 0.29) is 12.3 Å². The molecular formula is C8H18F2O. The van der Waals surface area contributed by atoms with Gasteiger partial charge in [-0.05, 0) is 12.3 Å². The molecule has 1 N–H and O–H groups in total. The summed E-state index contributed by atoms with van der Waals surface area (Å²) in [6.07, 6.45) is -3.85. The quantitative estimate of drug-likeness (QED) is 0.687. The van der Waals surface area contributed by atoms with E-state index < -0.39 is 12.5 Å². The van der Waals surface area contributed by atoms with Crippen LogP contribution in [-0.2, 0) is 0 Å². The van der Waals surface area contributed by atoms with Gasteiger partial charge in [-0.3, -0.25) is 0 Å². The number of aliphatic hydroxyl groups is 1. The lowest BCUT2D eigenvalue weighted by Gasteiger charge is -2.10. The number of rotatable bonds is 3. The van der Waals surface area contributed by atoms with E-state index in [2.05, 4.69) is 0 Å². The Morgan fingerprint density at radius 2 is 1.55 bits per heavy atom. The van der Waals surface area contributed by atoms with E-state index in [1.807, 2.05) is 13.8 Å². The minimum Gasteiger partial charge on any atom is -0.387 e. The lowest BCUT2D eigenvalue weighted by molar-refractivity contribution is -0.0151. The predicted octanol–water partition coefficient (Wildman–Crippen LogP) is 2.68. The molecule has 0 aromatic rings. The summed E-state index contributed by atoms with van der Waals surface area (Å²) in [4.78, 5) is 0. The molecule has 0 aliphatic heterocycles. The summed E-state index contributed by atoms with van der Waals surface area (Å²) < 4.78 is 23.1. The molecule has 0 spiro atoms. The van der Waals surface area contributed by atoms with Gasteiger partial charge in [0, 0.05) is 0 Å². The molecule has 0 heterocycles. The molecule has 0 fully saturated rings. The van der Waals surface area contributed by atoms with Gasteiger partial charge in [-0.2, -0.15) is 0 Å². The third-order valence-corrected chi connectivity index (χ3v) is 1.00. The molecule has 0 saturated carbocycles. The fourth-order valence-electron chi connectivity index (χ4n) is 0.586. The summed E-state index contributed by atoms with van der Waals surface area (Å²) >= 11 is 0. The molecule has 0 amide bonds. The van der Waals surface area contributed by atoms with Crippen molar-refractivity contribution >= 4 is 0 Å². The van der Waals surface area contributed by atoms with Crippen molar-refractivity contribution in [3.8, 4) is 0 Å². The molecule has 0 aromatic heterocycles. The van der Waals surface area contributed by atoms with Crippen LogP contribution in [0.2, 0.25) is 0 Å². The number of alkyl halides is 2. The van der Waals surface area contributed by atoms with Crippen LogP contribution in [-0.4, -0.2) is 17.6 Å². The fraction of sp³-hybridized carbons (Fsp3) is 1.00. The first kappa shape index (κ1) is 13.4. The van der Waals surface area contributed by atoms with Gasteiger partial charge in [0.25, 0.3) is 6.43 Å². The first-order valence-electron chi connectivity index (χ1n) is 4.00. The SMILES string of the molecule is CC.CC(C)CC(O)C(F)F. The largest absolute Gasteiger partial charge is 0.387 e. The second-order valence-corrected chi connectivity index (χ2v) is 2.53. The zero-order valence-corrected chi connectivity index (χ0v) is 7.64. The van der Waals surface area contributed by atoms with Gasteiger partial charge in [0.2, 0.25) is 0 Å². The molecule has 0 bridgehead atoms. The van der Waals surface area contributed by atoms with Crippen molar-refractivity contribution in [1.29, 1.82) is 0 Å². The minimum atomic E-state index is -2.59. The predicted molar refractivity (Wildman–Crippen MR) is 42.8 cm³/mol. The van der Waals surface area contributed by atoms with Crippen molar-refractivity contribution in [3.05, 3.63) is 0 Å². The van der Waals surface area contributed by atoms with Crippen molar-refractivity contribution in [2.45, 2.75) is 46.6 Å². The molecule has 1 unspecified atom stereocenters. The van der Waals surface area contributed by atoms with Crippen molar-refractivity contribution in [1.82, 2.24) is 0 Å². The highest BCUT2D eigenvalue weighted by atomic mass is 19.3. The average molecular weight is 168 g/mol. The van der Waals surface area contributed by atoms with E-state index in [1.165, 1.54) is 0 Å². The summed E-state index contributed by atoms with van der Waals surface area (Å²) in [5, 5.41) is 8.55. The maximum Gasteiger partial charge on any atom is 0.264 e. The Kier molecular flexibility index (Phi) is 9.66. The molecule has 0 aromatic carbocycles. The number of hydrogen-bond donors (Lipinski definition) is 1. The molecule has 0 radical (unpaired) electrons. The molecule has 1 atom stereocenters. The van der Waals surface area contributed by atoms with Crippen LogP contribution in [0.5, 0.6) is 0 Å². The third-order valence-electron chi connectivity index (χ3n) is 1.00. The van der Waals surface area contributed by atoms with Gasteiger partial charge in [-0.15, -0.1) is 0 Å². The molecule has 11 heavy (non-hydrogen) atoms. The van der Waals surface area contributed by atoms with E-state index in [9.17, 15) is 8.78 Å². The highest BCUT2D eigenvalue weighted by Crippen LogP contribution is 2.10. The van der Waals surface area contributed by atoms with Crippen LogP contribution >= 0.6 is 0 Å². The summed E-state index contributed by atoms with van der Waals surface area (Å²) in [7, 11) is 0. The van der Waals surface area contributed by atoms with Crippen LogP contribution in [0.3, 0.4) is 0 Å². The third kappa shape index (κ3) is 9.82.